The van der Waals surface area contributed by atoms with E-state index < -0.39 is 6.09 Å². The Hall–Kier alpha value is -3.08. The van der Waals surface area contributed by atoms with Gasteiger partial charge in [-0.05, 0) is 31.2 Å². The molecule has 2 rings (SSSR count). The molecule has 0 saturated carbocycles. The highest BCUT2D eigenvalue weighted by atomic mass is 16.6. The Morgan fingerprint density at radius 1 is 0.917 bits per heavy atom. The molecule has 0 aliphatic heterocycles. The number of para-hydroxylation sites is 2. The van der Waals surface area contributed by atoms with E-state index in [1.165, 1.54) is 17.9 Å². The molecule has 0 unspecified atom stereocenters. The molecule has 0 atom stereocenters. The molecule has 2 aromatic carbocycles. The van der Waals surface area contributed by atoms with Gasteiger partial charge in [-0.2, -0.15) is 0 Å². The average Bonchev–Trinajstić information content (AvgIpc) is 2.55. The first-order valence-corrected chi connectivity index (χ1v) is 7.41. The lowest BCUT2D eigenvalue weighted by Crippen LogP contribution is -2.25. The summed E-state index contributed by atoms with van der Waals surface area (Å²) in [6, 6.07) is 16.0. The molecule has 0 fully saturated rings. The standard InChI is InChI=1S/C19H19NO4/c1-14(21)13-18(23-15-9-5-4-6-10-15)16-11-7-8-12-17(16)24-19(22)20(2)3/h4-13H,1-3H3/b18-13-. The molecule has 124 valence electrons. The maximum atomic E-state index is 11.8. The van der Waals surface area contributed by atoms with Crippen molar-refractivity contribution < 1.29 is 19.1 Å². The van der Waals surface area contributed by atoms with Crippen LogP contribution in [0.4, 0.5) is 4.79 Å². The van der Waals surface area contributed by atoms with Crippen LogP contribution in [0.5, 0.6) is 11.5 Å². The predicted octanol–water partition coefficient (Wildman–Crippen LogP) is 3.76. The molecule has 2 aromatic rings. The number of amides is 1. The van der Waals surface area contributed by atoms with Gasteiger partial charge in [0.2, 0.25) is 0 Å². The Balaban J connectivity index is 2.40. The van der Waals surface area contributed by atoms with Crippen LogP contribution in [0.15, 0.2) is 60.7 Å². The van der Waals surface area contributed by atoms with Crippen molar-refractivity contribution in [3.05, 3.63) is 66.2 Å². The van der Waals surface area contributed by atoms with E-state index in [-0.39, 0.29) is 5.78 Å². The van der Waals surface area contributed by atoms with Crippen molar-refractivity contribution in [3.63, 3.8) is 0 Å². The van der Waals surface area contributed by atoms with Gasteiger partial charge in [0.1, 0.15) is 17.3 Å². The van der Waals surface area contributed by atoms with Crippen LogP contribution >= 0.6 is 0 Å². The fourth-order valence-corrected chi connectivity index (χ4v) is 1.91. The largest absolute Gasteiger partial charge is 0.456 e. The summed E-state index contributed by atoms with van der Waals surface area (Å²) in [6.45, 7) is 1.43. The van der Waals surface area contributed by atoms with Crippen molar-refractivity contribution >= 4 is 17.6 Å². The fourth-order valence-electron chi connectivity index (χ4n) is 1.91. The Morgan fingerprint density at radius 2 is 1.54 bits per heavy atom. The Labute approximate surface area is 141 Å². The first-order valence-electron chi connectivity index (χ1n) is 7.41. The molecule has 0 radical (unpaired) electrons. The minimum atomic E-state index is -0.510. The summed E-state index contributed by atoms with van der Waals surface area (Å²) in [5, 5.41) is 0. The van der Waals surface area contributed by atoms with Crippen LogP contribution < -0.4 is 9.47 Å². The van der Waals surface area contributed by atoms with Crippen LogP contribution in [0.1, 0.15) is 12.5 Å². The third-order valence-electron chi connectivity index (χ3n) is 3.02. The summed E-state index contributed by atoms with van der Waals surface area (Å²) in [5.74, 6) is 1.05. The quantitative estimate of drug-likeness (QED) is 0.620. The Kier molecular flexibility index (Phi) is 5.73. The van der Waals surface area contributed by atoms with Crippen molar-refractivity contribution in [1.82, 2.24) is 4.90 Å². The van der Waals surface area contributed by atoms with Crippen molar-refractivity contribution in [3.8, 4) is 11.5 Å². The van der Waals surface area contributed by atoms with Gasteiger partial charge in [0.25, 0.3) is 0 Å². The second-order valence-electron chi connectivity index (χ2n) is 5.29. The number of carbonyl (C=O) groups excluding carboxylic acids is 2. The van der Waals surface area contributed by atoms with Gasteiger partial charge in [0.15, 0.2) is 5.78 Å². The van der Waals surface area contributed by atoms with Gasteiger partial charge in [-0.15, -0.1) is 0 Å². The first kappa shape index (κ1) is 17.3. The average molecular weight is 325 g/mol. The lowest BCUT2D eigenvalue weighted by atomic mass is 10.1. The van der Waals surface area contributed by atoms with E-state index >= 15 is 0 Å². The van der Waals surface area contributed by atoms with E-state index in [0.717, 1.165) is 0 Å². The molecular formula is C19H19NO4. The van der Waals surface area contributed by atoms with Crippen molar-refractivity contribution in [1.29, 1.82) is 0 Å². The molecule has 0 aliphatic rings. The van der Waals surface area contributed by atoms with Gasteiger partial charge in [-0.3, -0.25) is 4.79 Å². The molecule has 0 aliphatic carbocycles. The maximum Gasteiger partial charge on any atom is 0.414 e. The van der Waals surface area contributed by atoms with Crippen molar-refractivity contribution in [2.75, 3.05) is 14.1 Å². The zero-order valence-electron chi connectivity index (χ0n) is 13.9. The molecule has 0 heterocycles. The number of allylic oxidation sites excluding steroid dienone is 1. The van der Waals surface area contributed by atoms with Gasteiger partial charge >= 0.3 is 6.09 Å². The number of rotatable bonds is 5. The molecule has 0 spiro atoms. The van der Waals surface area contributed by atoms with Crippen LogP contribution in [0.3, 0.4) is 0 Å². The summed E-state index contributed by atoms with van der Waals surface area (Å²) >= 11 is 0. The molecule has 24 heavy (non-hydrogen) atoms. The number of hydrogen-bond donors (Lipinski definition) is 0. The van der Waals surface area contributed by atoms with Crippen LogP contribution in [0.2, 0.25) is 0 Å². The van der Waals surface area contributed by atoms with E-state index in [9.17, 15) is 9.59 Å². The molecule has 0 aromatic heterocycles. The van der Waals surface area contributed by atoms with Crippen molar-refractivity contribution in [2.24, 2.45) is 0 Å². The van der Waals surface area contributed by atoms with Crippen LogP contribution in [-0.4, -0.2) is 30.9 Å². The molecule has 5 heteroatoms. The van der Waals surface area contributed by atoms with Gasteiger partial charge in [-0.1, -0.05) is 30.3 Å². The lowest BCUT2D eigenvalue weighted by molar-refractivity contribution is -0.112. The minimum absolute atomic E-state index is 0.172. The summed E-state index contributed by atoms with van der Waals surface area (Å²) in [4.78, 5) is 24.8. The summed E-state index contributed by atoms with van der Waals surface area (Å²) < 4.78 is 11.2. The van der Waals surface area contributed by atoms with E-state index in [0.29, 0.717) is 22.8 Å². The van der Waals surface area contributed by atoms with E-state index in [2.05, 4.69) is 0 Å². The highest BCUT2D eigenvalue weighted by Crippen LogP contribution is 2.29. The Bertz CT molecular complexity index is 751. The lowest BCUT2D eigenvalue weighted by Gasteiger charge is -2.16. The molecule has 0 N–H and O–H groups in total. The number of nitrogens with zero attached hydrogens (tertiary/aromatic N) is 1. The molecular weight excluding hydrogens is 306 g/mol. The minimum Gasteiger partial charge on any atom is -0.456 e. The number of benzene rings is 2. The third kappa shape index (κ3) is 4.71. The number of carbonyl (C=O) groups is 2. The molecule has 1 amide bonds. The summed E-state index contributed by atoms with van der Waals surface area (Å²) in [7, 11) is 3.19. The second-order valence-corrected chi connectivity index (χ2v) is 5.29. The smallest absolute Gasteiger partial charge is 0.414 e. The molecule has 5 nitrogen and oxygen atoms in total. The summed E-state index contributed by atoms with van der Waals surface area (Å²) in [5.41, 5.74) is 0.520. The van der Waals surface area contributed by atoms with Crippen molar-refractivity contribution in [2.45, 2.75) is 6.92 Å². The number of ketones is 1. The third-order valence-corrected chi connectivity index (χ3v) is 3.02. The SMILES string of the molecule is CC(=O)/C=C(\Oc1ccccc1)c1ccccc1OC(=O)N(C)C. The highest BCUT2D eigenvalue weighted by molar-refractivity contribution is 5.94. The zero-order chi connectivity index (χ0) is 17.5. The number of hydrogen-bond acceptors (Lipinski definition) is 4. The molecule has 0 bridgehead atoms. The van der Waals surface area contributed by atoms with Crippen LogP contribution in [-0.2, 0) is 4.79 Å². The van der Waals surface area contributed by atoms with E-state index in [1.807, 2.05) is 18.2 Å². The van der Waals surface area contributed by atoms with Gasteiger partial charge in [-0.25, -0.2) is 4.79 Å². The summed E-state index contributed by atoms with van der Waals surface area (Å²) in [6.07, 6.45) is 0.860. The zero-order valence-corrected chi connectivity index (χ0v) is 13.9. The molecule has 0 saturated heterocycles. The van der Waals surface area contributed by atoms with E-state index in [1.54, 1.807) is 50.5 Å². The van der Waals surface area contributed by atoms with Crippen LogP contribution in [0, 0.1) is 0 Å². The normalized spacial score (nSPS) is 10.9. The van der Waals surface area contributed by atoms with Gasteiger partial charge < -0.3 is 14.4 Å². The monoisotopic (exact) mass is 325 g/mol. The maximum absolute atomic E-state index is 11.8. The Morgan fingerprint density at radius 3 is 2.17 bits per heavy atom. The number of ether oxygens (including phenoxy) is 2. The second kappa shape index (κ2) is 7.97. The predicted molar refractivity (Wildman–Crippen MR) is 91.9 cm³/mol. The first-order chi connectivity index (χ1) is 11.5. The van der Waals surface area contributed by atoms with Gasteiger partial charge in [0, 0.05) is 20.2 Å². The highest BCUT2D eigenvalue weighted by Gasteiger charge is 2.15. The van der Waals surface area contributed by atoms with Gasteiger partial charge in [0.05, 0.1) is 5.56 Å². The topological polar surface area (TPSA) is 55.8 Å². The van der Waals surface area contributed by atoms with Crippen LogP contribution in [0.25, 0.3) is 5.76 Å². The van der Waals surface area contributed by atoms with E-state index in [4.69, 9.17) is 9.47 Å². The fraction of sp³-hybridized carbons (Fsp3) is 0.158.